The molecule has 0 saturated heterocycles. The van der Waals surface area contributed by atoms with Gasteiger partial charge in [-0.1, -0.05) is 0 Å². The molecule has 0 bridgehead atoms. The molecule has 7 nitrogen and oxygen atoms in total. The maximum atomic E-state index is 12.3. The van der Waals surface area contributed by atoms with E-state index < -0.39 is 10.0 Å². The predicted molar refractivity (Wildman–Crippen MR) is 75.3 cm³/mol. The van der Waals surface area contributed by atoms with Crippen LogP contribution < -0.4 is 10.5 Å². The first kappa shape index (κ1) is 14.5. The molecule has 1 unspecified atom stereocenters. The van der Waals surface area contributed by atoms with E-state index in [1.54, 1.807) is 31.5 Å². The summed E-state index contributed by atoms with van der Waals surface area (Å²) in [6.45, 7) is 4.17. The zero-order chi connectivity index (χ0) is 14.8. The second-order valence-electron chi connectivity index (χ2n) is 4.36. The molecule has 2 rings (SSSR count). The minimum Gasteiger partial charge on any atom is -0.381 e. The van der Waals surface area contributed by atoms with Crippen LogP contribution in [0, 0.1) is 0 Å². The van der Waals surface area contributed by atoms with Gasteiger partial charge in [-0.05, 0) is 31.5 Å². The highest BCUT2D eigenvalue weighted by Crippen LogP contribution is 2.20. The average Bonchev–Trinajstić information content (AvgIpc) is 2.81. The Morgan fingerprint density at radius 3 is 2.60 bits per heavy atom. The Bertz CT molecular complexity index is 681. The van der Waals surface area contributed by atoms with E-state index in [9.17, 15) is 8.42 Å². The fourth-order valence-electron chi connectivity index (χ4n) is 1.80. The first-order chi connectivity index (χ1) is 9.44. The van der Waals surface area contributed by atoms with E-state index in [4.69, 9.17) is 5.73 Å². The number of nitrogens with two attached hydrogens (primary N) is 1. The first-order valence-corrected chi connectivity index (χ1v) is 7.67. The maximum Gasteiger partial charge on any atom is 0.246 e. The normalized spacial score (nSPS) is 13.3. The number of aromatic nitrogens is 3. The first-order valence-electron chi connectivity index (χ1n) is 6.19. The molecule has 0 aliphatic heterocycles. The van der Waals surface area contributed by atoms with Crippen LogP contribution in [-0.2, 0) is 16.6 Å². The molecule has 0 fully saturated rings. The largest absolute Gasteiger partial charge is 0.381 e. The molecular formula is C12H17N5O2S. The minimum atomic E-state index is -3.71. The van der Waals surface area contributed by atoms with Gasteiger partial charge in [-0.3, -0.25) is 9.67 Å². The molecular weight excluding hydrogens is 278 g/mol. The Balaban J connectivity index is 2.25. The number of sulfonamides is 1. The van der Waals surface area contributed by atoms with Crippen molar-refractivity contribution < 1.29 is 8.42 Å². The van der Waals surface area contributed by atoms with Gasteiger partial charge in [-0.2, -0.15) is 5.10 Å². The van der Waals surface area contributed by atoms with E-state index in [2.05, 4.69) is 14.8 Å². The molecule has 2 heterocycles. The Kier molecular flexibility index (Phi) is 4.05. The molecule has 3 N–H and O–H groups in total. The van der Waals surface area contributed by atoms with Crippen molar-refractivity contribution in [3.8, 4) is 0 Å². The predicted octanol–water partition coefficient (Wildman–Crippen LogP) is 0.920. The van der Waals surface area contributed by atoms with Crippen LogP contribution in [-0.4, -0.2) is 23.2 Å². The lowest BCUT2D eigenvalue weighted by Crippen LogP contribution is -2.27. The van der Waals surface area contributed by atoms with Crippen LogP contribution in [0.5, 0.6) is 0 Å². The summed E-state index contributed by atoms with van der Waals surface area (Å²) in [4.78, 5) is 3.90. The topological polar surface area (TPSA) is 103 Å². The molecule has 0 saturated carbocycles. The molecule has 2 aromatic heterocycles. The summed E-state index contributed by atoms with van der Waals surface area (Å²) >= 11 is 0. The van der Waals surface area contributed by atoms with E-state index in [0.29, 0.717) is 6.54 Å². The molecule has 0 aromatic carbocycles. The van der Waals surface area contributed by atoms with E-state index >= 15 is 0 Å². The zero-order valence-corrected chi connectivity index (χ0v) is 12.1. The molecule has 108 valence electrons. The van der Waals surface area contributed by atoms with Gasteiger partial charge < -0.3 is 5.73 Å². The summed E-state index contributed by atoms with van der Waals surface area (Å²) in [5.74, 6) is 0.00118. The van der Waals surface area contributed by atoms with Gasteiger partial charge in [-0.15, -0.1) is 0 Å². The van der Waals surface area contributed by atoms with Crippen molar-refractivity contribution in [2.45, 2.75) is 31.3 Å². The number of pyridine rings is 1. The molecule has 20 heavy (non-hydrogen) atoms. The highest BCUT2D eigenvalue weighted by Gasteiger charge is 2.23. The zero-order valence-electron chi connectivity index (χ0n) is 11.3. The number of nitrogens with zero attached hydrogens (tertiary/aromatic N) is 3. The van der Waals surface area contributed by atoms with Crippen molar-refractivity contribution in [1.82, 2.24) is 19.5 Å². The number of hydrogen-bond donors (Lipinski definition) is 2. The lowest BCUT2D eigenvalue weighted by atomic mass is 10.1. The molecule has 2 aromatic rings. The van der Waals surface area contributed by atoms with Crippen LogP contribution in [0.2, 0.25) is 0 Å². The third-order valence-electron chi connectivity index (χ3n) is 2.91. The summed E-state index contributed by atoms with van der Waals surface area (Å²) in [6.07, 6.45) is 4.66. The summed E-state index contributed by atoms with van der Waals surface area (Å²) < 4.78 is 28.7. The van der Waals surface area contributed by atoms with Crippen molar-refractivity contribution in [3.63, 3.8) is 0 Å². The monoisotopic (exact) mass is 295 g/mol. The number of hydrogen-bond acceptors (Lipinski definition) is 5. The van der Waals surface area contributed by atoms with Crippen LogP contribution in [0.15, 0.2) is 35.6 Å². The van der Waals surface area contributed by atoms with Gasteiger partial charge in [0.2, 0.25) is 10.0 Å². The quantitative estimate of drug-likeness (QED) is 0.853. The minimum absolute atomic E-state index is 0.000237. The van der Waals surface area contributed by atoms with E-state index in [1.807, 2.05) is 6.92 Å². The molecule has 0 amide bonds. The standard InChI is InChI=1S/C12H17N5O2S/c1-3-17-8-11(12(13)15-17)20(18,19)16-9(2)10-4-6-14-7-5-10/h4-9,16H,3H2,1-2H3,(H2,13,15). The van der Waals surface area contributed by atoms with E-state index in [1.165, 1.54) is 10.9 Å². The van der Waals surface area contributed by atoms with Crippen molar-refractivity contribution in [2.75, 3.05) is 5.73 Å². The Morgan fingerprint density at radius 2 is 2.05 bits per heavy atom. The maximum absolute atomic E-state index is 12.3. The van der Waals surface area contributed by atoms with Gasteiger partial charge in [-0.25, -0.2) is 13.1 Å². The Labute approximate surface area is 117 Å². The number of aryl methyl sites for hydroxylation is 1. The summed E-state index contributed by atoms with van der Waals surface area (Å²) in [5, 5.41) is 3.94. The number of nitrogen functional groups attached to an aromatic ring is 1. The fourth-order valence-corrected chi connectivity index (χ4v) is 3.11. The van der Waals surface area contributed by atoms with Gasteiger partial charge in [0.05, 0.1) is 0 Å². The number of anilines is 1. The van der Waals surface area contributed by atoms with Gasteiger partial charge in [0.25, 0.3) is 0 Å². The SMILES string of the molecule is CCn1cc(S(=O)(=O)NC(C)c2ccncc2)c(N)n1. The van der Waals surface area contributed by atoms with Crippen molar-refractivity contribution in [2.24, 2.45) is 0 Å². The van der Waals surface area contributed by atoms with Gasteiger partial charge in [0.1, 0.15) is 4.90 Å². The van der Waals surface area contributed by atoms with Crippen LogP contribution in [0.3, 0.4) is 0 Å². The van der Waals surface area contributed by atoms with Crippen LogP contribution in [0.4, 0.5) is 5.82 Å². The van der Waals surface area contributed by atoms with Gasteiger partial charge in [0, 0.05) is 31.2 Å². The van der Waals surface area contributed by atoms with Crippen LogP contribution in [0.25, 0.3) is 0 Å². The fraction of sp³-hybridized carbons (Fsp3) is 0.333. The van der Waals surface area contributed by atoms with Crippen molar-refractivity contribution in [3.05, 3.63) is 36.3 Å². The van der Waals surface area contributed by atoms with Crippen molar-refractivity contribution in [1.29, 1.82) is 0 Å². The van der Waals surface area contributed by atoms with Crippen LogP contribution >= 0.6 is 0 Å². The lowest BCUT2D eigenvalue weighted by molar-refractivity contribution is 0.566. The third-order valence-corrected chi connectivity index (χ3v) is 4.46. The molecule has 8 heteroatoms. The van der Waals surface area contributed by atoms with E-state index in [0.717, 1.165) is 5.56 Å². The molecule has 0 radical (unpaired) electrons. The summed E-state index contributed by atoms with van der Waals surface area (Å²) in [6, 6.07) is 3.13. The Morgan fingerprint density at radius 1 is 1.40 bits per heavy atom. The van der Waals surface area contributed by atoms with Crippen molar-refractivity contribution >= 4 is 15.8 Å². The van der Waals surface area contributed by atoms with E-state index in [-0.39, 0.29) is 16.8 Å². The third kappa shape index (κ3) is 2.97. The average molecular weight is 295 g/mol. The second kappa shape index (κ2) is 5.59. The number of nitrogens with one attached hydrogen (secondary N) is 1. The Hall–Kier alpha value is -1.93. The molecule has 1 atom stereocenters. The number of rotatable bonds is 5. The second-order valence-corrected chi connectivity index (χ2v) is 6.04. The molecule has 0 aliphatic rings. The van der Waals surface area contributed by atoms with Crippen LogP contribution in [0.1, 0.15) is 25.5 Å². The summed E-state index contributed by atoms with van der Waals surface area (Å²) in [5.41, 5.74) is 6.48. The smallest absolute Gasteiger partial charge is 0.246 e. The highest BCUT2D eigenvalue weighted by atomic mass is 32.2. The highest BCUT2D eigenvalue weighted by molar-refractivity contribution is 7.89. The van der Waals surface area contributed by atoms with Gasteiger partial charge >= 0.3 is 0 Å². The molecule has 0 spiro atoms. The van der Waals surface area contributed by atoms with Gasteiger partial charge in [0.15, 0.2) is 5.82 Å². The summed E-state index contributed by atoms with van der Waals surface area (Å²) in [7, 11) is -3.71. The molecule has 0 aliphatic carbocycles. The lowest BCUT2D eigenvalue weighted by Gasteiger charge is -2.13.